The van der Waals surface area contributed by atoms with Gasteiger partial charge in [-0.25, -0.2) is 0 Å². The van der Waals surface area contributed by atoms with Gasteiger partial charge in [-0.2, -0.15) is 0 Å². The minimum Gasteiger partial charge on any atom is -0.493 e. The average Bonchev–Trinajstić information content (AvgIpc) is 2.66. The van der Waals surface area contributed by atoms with E-state index in [-0.39, 0.29) is 28.9 Å². The smallest absolute Gasteiger partial charge is 0.261 e. The number of aromatic nitrogens is 1. The van der Waals surface area contributed by atoms with Gasteiger partial charge >= 0.3 is 0 Å². The number of rotatable bonds is 5. The van der Waals surface area contributed by atoms with Crippen molar-refractivity contribution in [2.45, 2.75) is 39.5 Å². The Balaban J connectivity index is 1.63. The van der Waals surface area contributed by atoms with Gasteiger partial charge in [0.2, 0.25) is 0 Å². The number of hydrogen-bond donors (Lipinski definition) is 1. The summed E-state index contributed by atoms with van der Waals surface area (Å²) in [6.45, 7) is 7.94. The number of pyridine rings is 1. The van der Waals surface area contributed by atoms with Crippen molar-refractivity contribution in [3.8, 4) is 5.75 Å². The molecular formula is C22H28N2O3. The van der Waals surface area contributed by atoms with Crippen molar-refractivity contribution in [2.24, 2.45) is 5.92 Å². The molecule has 1 aromatic carbocycles. The first-order valence-electron chi connectivity index (χ1n) is 9.66. The van der Waals surface area contributed by atoms with Gasteiger partial charge in [0, 0.05) is 24.7 Å². The monoisotopic (exact) mass is 368 g/mol. The molecule has 0 spiro atoms. The van der Waals surface area contributed by atoms with Crippen molar-refractivity contribution >= 4 is 5.91 Å². The number of H-pyrrole nitrogens is 1. The minimum atomic E-state index is -0.302. The van der Waals surface area contributed by atoms with Crippen LogP contribution >= 0.6 is 0 Å². The molecule has 2 heterocycles. The van der Waals surface area contributed by atoms with Crippen LogP contribution in [-0.2, 0) is 0 Å². The van der Waals surface area contributed by atoms with Crippen molar-refractivity contribution in [1.82, 2.24) is 9.88 Å². The van der Waals surface area contributed by atoms with Gasteiger partial charge in [-0.3, -0.25) is 9.59 Å². The molecule has 1 fully saturated rings. The quantitative estimate of drug-likeness (QED) is 0.874. The predicted octanol–water partition coefficient (Wildman–Crippen LogP) is 3.74. The fraction of sp³-hybridized carbons (Fsp3) is 0.455. The molecular weight excluding hydrogens is 340 g/mol. The summed E-state index contributed by atoms with van der Waals surface area (Å²) in [5.74, 6) is 1.17. The first-order chi connectivity index (χ1) is 12.9. The van der Waals surface area contributed by atoms with Crippen LogP contribution in [0.25, 0.3) is 0 Å². The van der Waals surface area contributed by atoms with Crippen LogP contribution in [0, 0.1) is 12.8 Å². The van der Waals surface area contributed by atoms with Gasteiger partial charge < -0.3 is 14.6 Å². The summed E-state index contributed by atoms with van der Waals surface area (Å²) in [5, 5.41) is 0. The van der Waals surface area contributed by atoms with E-state index in [9.17, 15) is 9.59 Å². The number of likely N-dealkylation sites (tertiary alicyclic amines) is 1. The van der Waals surface area contributed by atoms with Crippen LogP contribution in [-0.4, -0.2) is 35.5 Å². The number of piperidine rings is 1. The lowest BCUT2D eigenvalue weighted by Crippen LogP contribution is -2.43. The van der Waals surface area contributed by atoms with Crippen LogP contribution < -0.4 is 10.3 Å². The number of carbonyl (C=O) groups is 1. The molecule has 0 saturated carbocycles. The van der Waals surface area contributed by atoms with Gasteiger partial charge in [-0.05, 0) is 55.5 Å². The Morgan fingerprint density at radius 1 is 1.30 bits per heavy atom. The normalized spacial score (nSPS) is 17.2. The number of nitrogens with one attached hydrogen (secondary N) is 1. The lowest BCUT2D eigenvalue weighted by Gasteiger charge is -2.32. The molecule has 1 amide bonds. The highest BCUT2D eigenvalue weighted by atomic mass is 16.5. The van der Waals surface area contributed by atoms with E-state index < -0.39 is 0 Å². The summed E-state index contributed by atoms with van der Waals surface area (Å²) in [4.78, 5) is 29.8. The maximum atomic E-state index is 12.8. The fourth-order valence-electron chi connectivity index (χ4n) is 3.47. The van der Waals surface area contributed by atoms with Gasteiger partial charge in [-0.15, -0.1) is 0 Å². The Morgan fingerprint density at radius 2 is 2.11 bits per heavy atom. The van der Waals surface area contributed by atoms with E-state index in [2.05, 4.69) is 4.98 Å². The number of amides is 1. The maximum Gasteiger partial charge on any atom is 0.261 e. The molecule has 1 atom stereocenters. The standard InChI is InChI=1S/C22H28N2O3/c1-15(2)20-10-9-19(21(25)23-20)22(26)24-11-5-7-17(13-24)14-27-18-8-4-6-16(3)12-18/h4,6,8-10,12,15,17H,5,7,11,13-14H2,1-3H3,(H,23,25). The number of aryl methyl sites for hydroxylation is 1. The Hall–Kier alpha value is -2.56. The molecule has 1 aliphatic rings. The molecule has 0 bridgehead atoms. The average molecular weight is 368 g/mol. The van der Waals surface area contributed by atoms with Crippen molar-refractivity contribution in [3.63, 3.8) is 0 Å². The van der Waals surface area contributed by atoms with E-state index in [1.807, 2.05) is 51.1 Å². The maximum absolute atomic E-state index is 12.8. The van der Waals surface area contributed by atoms with Gasteiger partial charge in [0.25, 0.3) is 11.5 Å². The summed E-state index contributed by atoms with van der Waals surface area (Å²) < 4.78 is 5.92. The summed E-state index contributed by atoms with van der Waals surface area (Å²) in [6.07, 6.45) is 1.95. The summed E-state index contributed by atoms with van der Waals surface area (Å²) >= 11 is 0. The van der Waals surface area contributed by atoms with Crippen LogP contribution in [0.3, 0.4) is 0 Å². The highest BCUT2D eigenvalue weighted by molar-refractivity contribution is 5.93. The van der Waals surface area contributed by atoms with Crippen LogP contribution in [0.4, 0.5) is 0 Å². The zero-order valence-corrected chi connectivity index (χ0v) is 16.3. The van der Waals surface area contributed by atoms with E-state index in [1.165, 1.54) is 0 Å². The molecule has 1 aromatic heterocycles. The van der Waals surface area contributed by atoms with E-state index in [1.54, 1.807) is 11.0 Å². The number of ether oxygens (including phenoxy) is 1. The lowest BCUT2D eigenvalue weighted by atomic mass is 9.98. The molecule has 0 aliphatic carbocycles. The molecule has 144 valence electrons. The Morgan fingerprint density at radius 3 is 2.81 bits per heavy atom. The SMILES string of the molecule is Cc1cccc(OCC2CCCN(C(=O)c3ccc(C(C)C)[nH]c3=O)C2)c1. The summed E-state index contributed by atoms with van der Waals surface area (Å²) in [7, 11) is 0. The van der Waals surface area contributed by atoms with E-state index in [4.69, 9.17) is 4.74 Å². The number of nitrogens with zero attached hydrogens (tertiary/aromatic N) is 1. The van der Waals surface area contributed by atoms with E-state index >= 15 is 0 Å². The Labute approximate surface area is 160 Å². The Kier molecular flexibility index (Phi) is 5.99. The lowest BCUT2D eigenvalue weighted by molar-refractivity contribution is 0.0631. The number of carbonyl (C=O) groups excluding carboxylic acids is 1. The van der Waals surface area contributed by atoms with Gasteiger partial charge in [0.1, 0.15) is 11.3 Å². The van der Waals surface area contributed by atoms with E-state index in [0.717, 1.165) is 29.8 Å². The second-order valence-electron chi connectivity index (χ2n) is 7.70. The molecule has 0 radical (unpaired) electrons. The topological polar surface area (TPSA) is 62.4 Å². The van der Waals surface area contributed by atoms with Gasteiger partial charge in [-0.1, -0.05) is 26.0 Å². The molecule has 2 aromatic rings. The molecule has 1 unspecified atom stereocenters. The molecule has 27 heavy (non-hydrogen) atoms. The second kappa shape index (κ2) is 8.42. The zero-order valence-electron chi connectivity index (χ0n) is 16.3. The van der Waals surface area contributed by atoms with E-state index in [0.29, 0.717) is 19.7 Å². The van der Waals surface area contributed by atoms with Crippen molar-refractivity contribution in [2.75, 3.05) is 19.7 Å². The predicted molar refractivity (Wildman–Crippen MR) is 106 cm³/mol. The molecule has 3 rings (SSSR count). The third kappa shape index (κ3) is 4.79. The molecule has 1 saturated heterocycles. The second-order valence-corrected chi connectivity index (χ2v) is 7.70. The third-order valence-electron chi connectivity index (χ3n) is 5.07. The Bertz CT molecular complexity index is 857. The minimum absolute atomic E-state index is 0.188. The molecule has 5 heteroatoms. The van der Waals surface area contributed by atoms with Gasteiger partial charge in [0.15, 0.2) is 0 Å². The molecule has 1 N–H and O–H groups in total. The highest BCUT2D eigenvalue weighted by Gasteiger charge is 2.26. The number of benzene rings is 1. The third-order valence-corrected chi connectivity index (χ3v) is 5.07. The fourth-order valence-corrected chi connectivity index (χ4v) is 3.47. The van der Waals surface area contributed by atoms with Crippen LogP contribution in [0.5, 0.6) is 5.75 Å². The van der Waals surface area contributed by atoms with Crippen LogP contribution in [0.1, 0.15) is 54.2 Å². The molecule has 5 nitrogen and oxygen atoms in total. The van der Waals surface area contributed by atoms with Crippen molar-refractivity contribution in [3.05, 3.63) is 63.6 Å². The number of aromatic amines is 1. The largest absolute Gasteiger partial charge is 0.493 e. The van der Waals surface area contributed by atoms with Crippen LogP contribution in [0.2, 0.25) is 0 Å². The summed E-state index contributed by atoms with van der Waals surface area (Å²) in [5.41, 5.74) is 1.93. The van der Waals surface area contributed by atoms with Crippen LogP contribution in [0.15, 0.2) is 41.2 Å². The zero-order chi connectivity index (χ0) is 19.4. The first kappa shape index (κ1) is 19.2. The molecule has 1 aliphatic heterocycles. The van der Waals surface area contributed by atoms with Gasteiger partial charge in [0.05, 0.1) is 6.61 Å². The van der Waals surface area contributed by atoms with Crippen molar-refractivity contribution < 1.29 is 9.53 Å². The van der Waals surface area contributed by atoms with Crippen molar-refractivity contribution in [1.29, 1.82) is 0 Å². The highest BCUT2D eigenvalue weighted by Crippen LogP contribution is 2.21. The number of hydrogen-bond acceptors (Lipinski definition) is 3. The first-order valence-corrected chi connectivity index (χ1v) is 9.66. The summed E-state index contributed by atoms with van der Waals surface area (Å²) in [6, 6.07) is 11.5.